The first-order valence-corrected chi connectivity index (χ1v) is 10.6. The van der Waals surface area contributed by atoms with E-state index in [9.17, 15) is 4.79 Å². The Labute approximate surface area is 168 Å². The molecule has 1 aromatic carbocycles. The average Bonchev–Trinajstić information content (AvgIpc) is 3.23. The van der Waals surface area contributed by atoms with E-state index in [1.54, 1.807) is 7.05 Å². The lowest BCUT2D eigenvalue weighted by Gasteiger charge is -2.34. The van der Waals surface area contributed by atoms with Crippen LogP contribution in [0.25, 0.3) is 0 Å². The van der Waals surface area contributed by atoms with Crippen LogP contribution in [-0.2, 0) is 22.6 Å². The summed E-state index contributed by atoms with van der Waals surface area (Å²) in [6.07, 6.45) is 4.53. The predicted molar refractivity (Wildman–Crippen MR) is 112 cm³/mol. The van der Waals surface area contributed by atoms with Gasteiger partial charge < -0.3 is 15.0 Å². The Bertz CT molecular complexity index is 653. The van der Waals surface area contributed by atoms with E-state index >= 15 is 0 Å². The number of hydrogen-bond donors (Lipinski definition) is 1. The molecule has 0 aliphatic carbocycles. The van der Waals surface area contributed by atoms with Gasteiger partial charge in [0.05, 0.1) is 12.5 Å². The van der Waals surface area contributed by atoms with Crippen molar-refractivity contribution in [1.82, 2.24) is 15.1 Å². The molecule has 0 spiro atoms. The van der Waals surface area contributed by atoms with Crippen molar-refractivity contribution >= 4 is 11.9 Å². The van der Waals surface area contributed by atoms with Crippen LogP contribution < -0.4 is 5.32 Å². The first-order chi connectivity index (χ1) is 13.7. The van der Waals surface area contributed by atoms with E-state index < -0.39 is 0 Å². The van der Waals surface area contributed by atoms with Crippen LogP contribution in [0.4, 0.5) is 0 Å². The molecule has 154 valence electrons. The lowest BCUT2D eigenvalue weighted by molar-refractivity contribution is -0.149. The SMILES string of the molecule is CCOC(=O)[C@H]1CCCN(C(=NC)NCc2ccc(CN3CCCC3)cc2)C1. The minimum atomic E-state index is -0.0868. The minimum absolute atomic E-state index is 0.0582. The van der Waals surface area contributed by atoms with E-state index in [2.05, 4.69) is 44.4 Å². The Kier molecular flexibility index (Phi) is 7.71. The molecule has 1 N–H and O–H groups in total. The van der Waals surface area contributed by atoms with Gasteiger partial charge in [0, 0.05) is 33.2 Å². The summed E-state index contributed by atoms with van der Waals surface area (Å²) in [4.78, 5) is 21.2. The number of benzene rings is 1. The molecule has 3 rings (SSSR count). The molecule has 6 heteroatoms. The van der Waals surface area contributed by atoms with E-state index in [0.29, 0.717) is 13.2 Å². The van der Waals surface area contributed by atoms with Gasteiger partial charge in [-0.2, -0.15) is 0 Å². The fourth-order valence-electron chi connectivity index (χ4n) is 4.10. The Balaban J connectivity index is 1.50. The van der Waals surface area contributed by atoms with Crippen molar-refractivity contribution in [3.8, 4) is 0 Å². The van der Waals surface area contributed by atoms with Crippen LogP contribution in [-0.4, -0.2) is 61.6 Å². The van der Waals surface area contributed by atoms with Gasteiger partial charge in [-0.3, -0.25) is 14.7 Å². The van der Waals surface area contributed by atoms with Gasteiger partial charge >= 0.3 is 5.97 Å². The molecule has 0 aromatic heterocycles. The number of hydrogen-bond acceptors (Lipinski definition) is 4. The van der Waals surface area contributed by atoms with E-state index in [1.807, 2.05) is 6.92 Å². The molecule has 2 aliphatic rings. The maximum Gasteiger partial charge on any atom is 0.310 e. The van der Waals surface area contributed by atoms with Gasteiger partial charge in [0.2, 0.25) is 0 Å². The normalized spacial score (nSPS) is 21.0. The number of nitrogens with one attached hydrogen (secondary N) is 1. The summed E-state index contributed by atoms with van der Waals surface area (Å²) < 4.78 is 5.20. The summed E-state index contributed by atoms with van der Waals surface area (Å²) in [7, 11) is 1.80. The molecule has 0 bridgehead atoms. The van der Waals surface area contributed by atoms with Crippen molar-refractivity contribution in [3.63, 3.8) is 0 Å². The maximum absolute atomic E-state index is 12.1. The van der Waals surface area contributed by atoms with Gasteiger partial charge in [-0.05, 0) is 56.8 Å². The van der Waals surface area contributed by atoms with Gasteiger partial charge in [-0.15, -0.1) is 0 Å². The summed E-state index contributed by atoms with van der Waals surface area (Å²) >= 11 is 0. The Morgan fingerprint density at radius 3 is 2.54 bits per heavy atom. The van der Waals surface area contributed by atoms with Crippen LogP contribution in [0.2, 0.25) is 0 Å². The summed E-state index contributed by atoms with van der Waals surface area (Å²) in [5.41, 5.74) is 2.62. The highest BCUT2D eigenvalue weighted by molar-refractivity contribution is 5.81. The first kappa shape index (κ1) is 20.6. The summed E-state index contributed by atoms with van der Waals surface area (Å²) in [5, 5.41) is 3.45. The smallest absolute Gasteiger partial charge is 0.310 e. The number of ether oxygens (including phenoxy) is 1. The number of nitrogens with zero attached hydrogens (tertiary/aromatic N) is 3. The highest BCUT2D eigenvalue weighted by Gasteiger charge is 2.28. The number of rotatable bonds is 6. The molecule has 28 heavy (non-hydrogen) atoms. The number of guanidine groups is 1. The molecular formula is C22H34N4O2. The van der Waals surface area contributed by atoms with Gasteiger partial charge in [0.1, 0.15) is 0 Å². The third kappa shape index (κ3) is 5.71. The van der Waals surface area contributed by atoms with Gasteiger partial charge in [-0.25, -0.2) is 0 Å². The lowest BCUT2D eigenvalue weighted by atomic mass is 9.98. The van der Waals surface area contributed by atoms with Crippen molar-refractivity contribution < 1.29 is 9.53 Å². The molecule has 0 amide bonds. The van der Waals surface area contributed by atoms with Crippen LogP contribution in [0.5, 0.6) is 0 Å². The van der Waals surface area contributed by atoms with E-state index in [0.717, 1.165) is 38.4 Å². The van der Waals surface area contributed by atoms with Crippen LogP contribution in [0.1, 0.15) is 43.7 Å². The second kappa shape index (κ2) is 10.5. The lowest BCUT2D eigenvalue weighted by Crippen LogP contribution is -2.48. The molecule has 2 aliphatic heterocycles. The molecule has 0 unspecified atom stereocenters. The fraction of sp³-hybridized carbons (Fsp3) is 0.636. The van der Waals surface area contributed by atoms with Crippen molar-refractivity contribution in [2.24, 2.45) is 10.9 Å². The maximum atomic E-state index is 12.1. The van der Waals surface area contributed by atoms with E-state index in [-0.39, 0.29) is 11.9 Å². The van der Waals surface area contributed by atoms with E-state index in [1.165, 1.54) is 37.1 Å². The second-order valence-electron chi connectivity index (χ2n) is 7.74. The summed E-state index contributed by atoms with van der Waals surface area (Å²) in [6, 6.07) is 8.86. The number of likely N-dealkylation sites (tertiary alicyclic amines) is 2. The minimum Gasteiger partial charge on any atom is -0.466 e. The molecular weight excluding hydrogens is 352 g/mol. The quantitative estimate of drug-likeness (QED) is 0.463. The molecule has 0 saturated carbocycles. The van der Waals surface area contributed by atoms with Gasteiger partial charge in [-0.1, -0.05) is 24.3 Å². The predicted octanol–water partition coefficient (Wildman–Crippen LogP) is 2.63. The number of carbonyl (C=O) groups excluding carboxylic acids is 1. The highest BCUT2D eigenvalue weighted by atomic mass is 16.5. The zero-order valence-electron chi connectivity index (χ0n) is 17.3. The Hall–Kier alpha value is -2.08. The van der Waals surface area contributed by atoms with Crippen LogP contribution >= 0.6 is 0 Å². The zero-order valence-corrected chi connectivity index (χ0v) is 17.3. The number of aliphatic imine (C=N–C) groups is 1. The molecule has 2 saturated heterocycles. The largest absolute Gasteiger partial charge is 0.466 e. The second-order valence-corrected chi connectivity index (χ2v) is 7.74. The van der Waals surface area contributed by atoms with Crippen molar-refractivity contribution in [3.05, 3.63) is 35.4 Å². The standard InChI is InChI=1S/C22H34N4O2/c1-3-28-21(27)20-7-6-14-26(17-20)22(23-2)24-15-18-8-10-19(11-9-18)16-25-12-4-5-13-25/h8-11,20H,3-7,12-17H2,1-2H3,(H,23,24)/t20-/m0/s1. The Morgan fingerprint density at radius 2 is 1.86 bits per heavy atom. The molecule has 6 nitrogen and oxygen atoms in total. The summed E-state index contributed by atoms with van der Waals surface area (Å²) in [5.74, 6) is 0.712. The third-order valence-electron chi connectivity index (χ3n) is 5.63. The average molecular weight is 387 g/mol. The topological polar surface area (TPSA) is 57.2 Å². The van der Waals surface area contributed by atoms with Crippen LogP contribution in [0.3, 0.4) is 0 Å². The highest BCUT2D eigenvalue weighted by Crippen LogP contribution is 2.18. The zero-order chi connectivity index (χ0) is 19.8. The van der Waals surface area contributed by atoms with Gasteiger partial charge in [0.15, 0.2) is 5.96 Å². The Morgan fingerprint density at radius 1 is 1.14 bits per heavy atom. The van der Waals surface area contributed by atoms with Crippen molar-refractivity contribution in [2.75, 3.05) is 39.8 Å². The van der Waals surface area contributed by atoms with Crippen LogP contribution in [0.15, 0.2) is 29.3 Å². The molecule has 2 fully saturated rings. The van der Waals surface area contributed by atoms with Crippen LogP contribution in [0, 0.1) is 5.92 Å². The summed E-state index contributed by atoms with van der Waals surface area (Å²) in [6.45, 7) is 8.13. The van der Waals surface area contributed by atoms with Crippen molar-refractivity contribution in [1.29, 1.82) is 0 Å². The van der Waals surface area contributed by atoms with E-state index in [4.69, 9.17) is 4.74 Å². The number of piperidine rings is 1. The fourth-order valence-corrected chi connectivity index (χ4v) is 4.10. The molecule has 2 heterocycles. The third-order valence-corrected chi connectivity index (χ3v) is 5.63. The molecule has 1 aromatic rings. The van der Waals surface area contributed by atoms with Gasteiger partial charge in [0.25, 0.3) is 0 Å². The van der Waals surface area contributed by atoms with Crippen molar-refractivity contribution in [2.45, 2.75) is 45.7 Å². The number of esters is 1. The molecule has 1 atom stereocenters. The number of carbonyl (C=O) groups is 1. The first-order valence-electron chi connectivity index (χ1n) is 10.6. The monoisotopic (exact) mass is 386 g/mol. The molecule has 0 radical (unpaired) electrons.